The van der Waals surface area contributed by atoms with Gasteiger partial charge in [0, 0.05) is 19.8 Å². The molecule has 2 heterocycles. The molecule has 0 fully saturated rings. The highest BCUT2D eigenvalue weighted by Gasteiger charge is 2.21. The fourth-order valence-corrected chi connectivity index (χ4v) is 2.63. The summed E-state index contributed by atoms with van der Waals surface area (Å²) < 4.78 is 10.7. The minimum absolute atomic E-state index is 0.146. The van der Waals surface area contributed by atoms with Gasteiger partial charge in [0.2, 0.25) is 0 Å². The lowest BCUT2D eigenvalue weighted by molar-refractivity contribution is 0.0941. The molecule has 0 aromatic carbocycles. The van der Waals surface area contributed by atoms with Gasteiger partial charge in [-0.25, -0.2) is 0 Å². The molecular formula is C15H20N2O3S. The monoisotopic (exact) mass is 308 g/mol. The first-order valence-corrected chi connectivity index (χ1v) is 7.98. The Morgan fingerprint density at radius 3 is 3.05 bits per heavy atom. The van der Waals surface area contributed by atoms with E-state index in [9.17, 15) is 4.79 Å². The van der Waals surface area contributed by atoms with Crippen LogP contribution in [0.25, 0.3) is 10.6 Å². The summed E-state index contributed by atoms with van der Waals surface area (Å²) in [6, 6.07) is 3.84. The molecule has 0 aliphatic heterocycles. The van der Waals surface area contributed by atoms with Gasteiger partial charge in [-0.05, 0) is 31.2 Å². The first-order valence-electron chi connectivity index (χ1n) is 7.10. The van der Waals surface area contributed by atoms with Crippen LogP contribution in [-0.4, -0.2) is 30.8 Å². The van der Waals surface area contributed by atoms with Crippen molar-refractivity contribution >= 4 is 17.2 Å². The van der Waals surface area contributed by atoms with Crippen molar-refractivity contribution in [2.45, 2.75) is 26.7 Å². The van der Waals surface area contributed by atoms with Gasteiger partial charge in [-0.15, -0.1) is 11.3 Å². The Balaban J connectivity index is 1.92. The number of amides is 1. The number of hydrogen-bond donors (Lipinski definition) is 1. The van der Waals surface area contributed by atoms with E-state index in [2.05, 4.69) is 17.4 Å². The van der Waals surface area contributed by atoms with Crippen LogP contribution in [-0.2, 0) is 4.74 Å². The molecule has 114 valence electrons. The zero-order valence-corrected chi connectivity index (χ0v) is 13.2. The third kappa shape index (κ3) is 4.15. The van der Waals surface area contributed by atoms with E-state index in [4.69, 9.17) is 9.26 Å². The van der Waals surface area contributed by atoms with E-state index in [0.717, 1.165) is 24.3 Å². The van der Waals surface area contributed by atoms with Crippen LogP contribution in [0.15, 0.2) is 22.0 Å². The van der Waals surface area contributed by atoms with Gasteiger partial charge in [0.15, 0.2) is 5.76 Å². The maximum Gasteiger partial charge on any atom is 0.257 e. The number of carbonyl (C=O) groups is 1. The SMILES string of the molecule is CCCOCCCNC(=O)c1c(C)noc1-c1cccs1. The summed E-state index contributed by atoms with van der Waals surface area (Å²) in [4.78, 5) is 13.2. The van der Waals surface area contributed by atoms with Gasteiger partial charge in [-0.2, -0.15) is 0 Å². The molecule has 2 rings (SSSR count). The number of aromatic nitrogens is 1. The third-order valence-electron chi connectivity index (χ3n) is 2.93. The Morgan fingerprint density at radius 1 is 1.48 bits per heavy atom. The summed E-state index contributed by atoms with van der Waals surface area (Å²) in [7, 11) is 0. The molecule has 1 N–H and O–H groups in total. The second-order valence-electron chi connectivity index (χ2n) is 4.67. The van der Waals surface area contributed by atoms with E-state index in [1.807, 2.05) is 17.5 Å². The number of aryl methyl sites for hydroxylation is 1. The van der Waals surface area contributed by atoms with Crippen LogP contribution >= 0.6 is 11.3 Å². The second-order valence-corrected chi connectivity index (χ2v) is 5.62. The van der Waals surface area contributed by atoms with Crippen molar-refractivity contribution in [3.8, 4) is 10.6 Å². The number of nitrogens with zero attached hydrogens (tertiary/aromatic N) is 1. The fraction of sp³-hybridized carbons (Fsp3) is 0.467. The van der Waals surface area contributed by atoms with E-state index in [-0.39, 0.29) is 5.91 Å². The second kappa shape index (κ2) is 7.95. The molecule has 0 bridgehead atoms. The Labute approximate surface area is 128 Å². The Morgan fingerprint density at radius 2 is 2.33 bits per heavy atom. The van der Waals surface area contributed by atoms with Gasteiger partial charge in [0.05, 0.1) is 10.6 Å². The summed E-state index contributed by atoms with van der Waals surface area (Å²) in [5.41, 5.74) is 1.13. The molecule has 2 aromatic heterocycles. The van der Waals surface area contributed by atoms with E-state index in [1.165, 1.54) is 11.3 Å². The Bertz CT molecular complexity index is 563. The van der Waals surface area contributed by atoms with E-state index < -0.39 is 0 Å². The van der Waals surface area contributed by atoms with E-state index in [0.29, 0.717) is 30.2 Å². The molecule has 0 unspecified atom stereocenters. The molecule has 0 saturated carbocycles. The lowest BCUT2D eigenvalue weighted by atomic mass is 10.1. The van der Waals surface area contributed by atoms with Crippen molar-refractivity contribution < 1.29 is 14.1 Å². The van der Waals surface area contributed by atoms with Crippen LogP contribution in [0.5, 0.6) is 0 Å². The zero-order chi connectivity index (χ0) is 15.1. The summed E-state index contributed by atoms with van der Waals surface area (Å²) in [6.07, 6.45) is 1.81. The summed E-state index contributed by atoms with van der Waals surface area (Å²) >= 11 is 1.52. The Kier molecular flexibility index (Phi) is 5.95. The minimum Gasteiger partial charge on any atom is -0.381 e. The highest BCUT2D eigenvalue weighted by atomic mass is 32.1. The number of carbonyl (C=O) groups excluding carboxylic acids is 1. The average molecular weight is 308 g/mol. The molecule has 0 spiro atoms. The molecule has 0 radical (unpaired) electrons. The molecule has 0 atom stereocenters. The normalized spacial score (nSPS) is 10.8. The summed E-state index contributed by atoms with van der Waals surface area (Å²) in [5.74, 6) is 0.398. The number of thiophene rings is 1. The lowest BCUT2D eigenvalue weighted by Gasteiger charge is -2.05. The predicted octanol–water partition coefficient (Wildman–Crippen LogP) is 3.26. The van der Waals surface area contributed by atoms with Gasteiger partial charge in [0.25, 0.3) is 5.91 Å². The van der Waals surface area contributed by atoms with Crippen molar-refractivity contribution in [1.29, 1.82) is 0 Å². The highest BCUT2D eigenvalue weighted by Crippen LogP contribution is 2.29. The van der Waals surface area contributed by atoms with Crippen molar-refractivity contribution in [1.82, 2.24) is 10.5 Å². The van der Waals surface area contributed by atoms with Crippen molar-refractivity contribution in [3.05, 3.63) is 28.8 Å². The van der Waals surface area contributed by atoms with Gasteiger partial charge in [-0.1, -0.05) is 18.1 Å². The molecule has 2 aromatic rings. The molecule has 1 amide bonds. The number of rotatable bonds is 8. The van der Waals surface area contributed by atoms with Gasteiger partial charge < -0.3 is 14.6 Å². The molecule has 5 nitrogen and oxygen atoms in total. The topological polar surface area (TPSA) is 64.4 Å². The van der Waals surface area contributed by atoms with Crippen molar-refractivity contribution in [2.75, 3.05) is 19.8 Å². The molecular weight excluding hydrogens is 288 g/mol. The number of nitrogens with one attached hydrogen (secondary N) is 1. The quantitative estimate of drug-likeness (QED) is 0.760. The van der Waals surface area contributed by atoms with Gasteiger partial charge in [-0.3, -0.25) is 4.79 Å². The molecule has 0 aliphatic rings. The maximum atomic E-state index is 12.3. The average Bonchev–Trinajstić information content (AvgIpc) is 3.11. The van der Waals surface area contributed by atoms with Crippen LogP contribution in [0.4, 0.5) is 0 Å². The van der Waals surface area contributed by atoms with Crippen molar-refractivity contribution in [3.63, 3.8) is 0 Å². The molecule has 6 heteroatoms. The molecule has 0 aliphatic carbocycles. The van der Waals surface area contributed by atoms with E-state index in [1.54, 1.807) is 6.92 Å². The van der Waals surface area contributed by atoms with Crippen LogP contribution < -0.4 is 5.32 Å². The van der Waals surface area contributed by atoms with Crippen LogP contribution in [0.3, 0.4) is 0 Å². The third-order valence-corrected chi connectivity index (χ3v) is 3.80. The maximum absolute atomic E-state index is 12.3. The molecule has 21 heavy (non-hydrogen) atoms. The first kappa shape index (κ1) is 15.7. The van der Waals surface area contributed by atoms with Crippen LogP contribution in [0.1, 0.15) is 35.8 Å². The summed E-state index contributed by atoms with van der Waals surface area (Å²) in [6.45, 7) is 5.86. The predicted molar refractivity (Wildman–Crippen MR) is 82.6 cm³/mol. The zero-order valence-electron chi connectivity index (χ0n) is 12.3. The smallest absolute Gasteiger partial charge is 0.257 e. The first-order chi connectivity index (χ1) is 10.2. The van der Waals surface area contributed by atoms with Gasteiger partial charge in [0.1, 0.15) is 5.56 Å². The standard InChI is InChI=1S/C15H20N2O3S/c1-3-8-19-9-5-7-16-15(18)13-11(2)17-20-14(13)12-6-4-10-21-12/h4,6,10H,3,5,7-9H2,1-2H3,(H,16,18). The minimum atomic E-state index is -0.146. The Hall–Kier alpha value is -1.66. The van der Waals surface area contributed by atoms with Crippen LogP contribution in [0.2, 0.25) is 0 Å². The lowest BCUT2D eigenvalue weighted by Crippen LogP contribution is -2.26. The van der Waals surface area contributed by atoms with E-state index >= 15 is 0 Å². The highest BCUT2D eigenvalue weighted by molar-refractivity contribution is 7.13. The van der Waals surface area contributed by atoms with Crippen LogP contribution in [0, 0.1) is 6.92 Å². The fourth-order valence-electron chi connectivity index (χ4n) is 1.92. The number of ether oxygens (including phenoxy) is 1. The number of hydrogen-bond acceptors (Lipinski definition) is 5. The van der Waals surface area contributed by atoms with Crippen molar-refractivity contribution in [2.24, 2.45) is 0 Å². The van der Waals surface area contributed by atoms with Gasteiger partial charge >= 0.3 is 0 Å². The largest absolute Gasteiger partial charge is 0.381 e. The molecule has 0 saturated heterocycles. The summed E-state index contributed by atoms with van der Waals surface area (Å²) in [5, 5.41) is 8.74.